The van der Waals surface area contributed by atoms with Gasteiger partial charge in [-0.25, -0.2) is 0 Å². The van der Waals surface area contributed by atoms with Crippen molar-refractivity contribution in [3.63, 3.8) is 0 Å². The Labute approximate surface area is 132 Å². The van der Waals surface area contributed by atoms with E-state index in [1.807, 2.05) is 68.4 Å². The topological polar surface area (TPSA) is 40.5 Å². The van der Waals surface area contributed by atoms with E-state index in [-0.39, 0.29) is 12.0 Å². The molecule has 0 radical (unpaired) electrons. The smallest absolute Gasteiger partial charge is 0.0881 e. The third kappa shape index (κ3) is 3.46. The molecule has 0 fully saturated rings. The number of rotatable bonds is 6. The van der Waals surface area contributed by atoms with Crippen molar-refractivity contribution in [2.24, 2.45) is 0 Å². The van der Waals surface area contributed by atoms with E-state index >= 15 is 0 Å². The van der Waals surface area contributed by atoms with Gasteiger partial charge in [0.2, 0.25) is 0 Å². The van der Waals surface area contributed by atoms with Crippen LogP contribution in [-0.4, -0.2) is 16.8 Å². The molecule has 116 valence electrons. The summed E-state index contributed by atoms with van der Waals surface area (Å²) in [5.74, 6) is 0. The number of aliphatic hydroxyl groups is 2. The molecule has 22 heavy (non-hydrogen) atoms. The predicted octanol–water partition coefficient (Wildman–Crippen LogP) is 4.09. The van der Waals surface area contributed by atoms with Crippen LogP contribution in [-0.2, 0) is 5.41 Å². The summed E-state index contributed by atoms with van der Waals surface area (Å²) in [4.78, 5) is 0. The van der Waals surface area contributed by atoms with Crippen LogP contribution in [0.15, 0.2) is 61.2 Å². The molecule has 2 heteroatoms. The zero-order valence-electron chi connectivity index (χ0n) is 13.3. The van der Waals surface area contributed by atoms with Crippen LogP contribution in [0, 0.1) is 0 Å². The second kappa shape index (κ2) is 6.91. The van der Waals surface area contributed by atoms with E-state index in [0.29, 0.717) is 6.42 Å². The van der Waals surface area contributed by atoms with Crippen LogP contribution in [0.5, 0.6) is 0 Å². The molecule has 0 aromatic heterocycles. The lowest BCUT2D eigenvalue weighted by Gasteiger charge is -2.31. The minimum atomic E-state index is -0.588. The van der Waals surface area contributed by atoms with Crippen LogP contribution in [0.25, 0.3) is 5.57 Å². The molecular formula is C20H24O2. The van der Waals surface area contributed by atoms with Crippen molar-refractivity contribution in [3.05, 3.63) is 77.9 Å². The second-order valence-electron chi connectivity index (χ2n) is 6.19. The highest BCUT2D eigenvalue weighted by atomic mass is 16.3. The quantitative estimate of drug-likeness (QED) is 0.842. The number of hydrogen-bond acceptors (Lipinski definition) is 2. The Kier molecular flexibility index (Phi) is 5.17. The molecule has 0 aliphatic heterocycles. The van der Waals surface area contributed by atoms with Crippen molar-refractivity contribution >= 4 is 5.57 Å². The first-order valence-corrected chi connectivity index (χ1v) is 7.59. The standard InChI is InChI=1S/C20H24O2/c1-15(13-14-21)16-9-11-17(12-10-16)19(22)20(2,3)18-7-5-4-6-8-18/h4-12,19,21-22H,1,13-14H2,2-3H3. The fourth-order valence-corrected chi connectivity index (χ4v) is 2.62. The van der Waals surface area contributed by atoms with Crippen molar-refractivity contribution in [2.45, 2.75) is 31.8 Å². The SMILES string of the molecule is C=C(CCO)c1ccc(C(O)C(C)(C)c2ccccc2)cc1. The lowest BCUT2D eigenvalue weighted by molar-refractivity contribution is 0.100. The van der Waals surface area contributed by atoms with Gasteiger partial charge in [-0.2, -0.15) is 0 Å². The molecule has 0 aliphatic carbocycles. The van der Waals surface area contributed by atoms with Gasteiger partial charge in [0.15, 0.2) is 0 Å². The Morgan fingerprint density at radius 2 is 1.64 bits per heavy atom. The molecule has 0 bridgehead atoms. The van der Waals surface area contributed by atoms with Gasteiger partial charge in [-0.15, -0.1) is 0 Å². The maximum atomic E-state index is 10.8. The molecule has 0 heterocycles. The molecule has 0 amide bonds. The van der Waals surface area contributed by atoms with Gasteiger partial charge in [0.05, 0.1) is 6.10 Å². The minimum absolute atomic E-state index is 0.101. The fraction of sp³-hybridized carbons (Fsp3) is 0.300. The van der Waals surface area contributed by atoms with Crippen LogP contribution in [0.3, 0.4) is 0 Å². The summed E-state index contributed by atoms with van der Waals surface area (Å²) in [5.41, 5.74) is 3.53. The van der Waals surface area contributed by atoms with Crippen molar-refractivity contribution in [2.75, 3.05) is 6.61 Å². The van der Waals surface area contributed by atoms with E-state index in [0.717, 1.165) is 22.3 Å². The van der Waals surface area contributed by atoms with Crippen LogP contribution in [0.2, 0.25) is 0 Å². The molecule has 0 aliphatic rings. The minimum Gasteiger partial charge on any atom is -0.396 e. The van der Waals surface area contributed by atoms with Crippen LogP contribution in [0.4, 0.5) is 0 Å². The van der Waals surface area contributed by atoms with Crippen molar-refractivity contribution in [1.29, 1.82) is 0 Å². The van der Waals surface area contributed by atoms with Gasteiger partial charge >= 0.3 is 0 Å². The van der Waals surface area contributed by atoms with Gasteiger partial charge in [0.25, 0.3) is 0 Å². The highest BCUT2D eigenvalue weighted by molar-refractivity contribution is 5.63. The monoisotopic (exact) mass is 296 g/mol. The maximum Gasteiger partial charge on any atom is 0.0881 e. The van der Waals surface area contributed by atoms with Crippen LogP contribution in [0.1, 0.15) is 43.1 Å². The van der Waals surface area contributed by atoms with Gasteiger partial charge in [-0.05, 0) is 28.7 Å². The van der Waals surface area contributed by atoms with E-state index in [1.165, 1.54) is 0 Å². The van der Waals surface area contributed by atoms with E-state index < -0.39 is 6.10 Å². The average molecular weight is 296 g/mol. The molecule has 2 nitrogen and oxygen atoms in total. The van der Waals surface area contributed by atoms with Gasteiger partial charge in [0.1, 0.15) is 0 Å². The lowest BCUT2D eigenvalue weighted by atomic mass is 9.76. The Balaban J connectivity index is 2.22. The molecule has 2 rings (SSSR count). The molecule has 1 atom stereocenters. The molecule has 1 unspecified atom stereocenters. The van der Waals surface area contributed by atoms with E-state index in [9.17, 15) is 5.11 Å². The Bertz CT molecular complexity index is 612. The van der Waals surface area contributed by atoms with Gasteiger partial charge in [-0.1, -0.05) is 75.0 Å². The van der Waals surface area contributed by atoms with Crippen molar-refractivity contribution in [1.82, 2.24) is 0 Å². The molecule has 0 spiro atoms. The van der Waals surface area contributed by atoms with Crippen LogP contribution >= 0.6 is 0 Å². The summed E-state index contributed by atoms with van der Waals surface area (Å²) in [7, 11) is 0. The lowest BCUT2D eigenvalue weighted by Crippen LogP contribution is -2.26. The largest absolute Gasteiger partial charge is 0.396 e. The molecular weight excluding hydrogens is 272 g/mol. The summed E-state index contributed by atoms with van der Waals surface area (Å²) in [5, 5.41) is 19.7. The predicted molar refractivity (Wildman–Crippen MR) is 91.6 cm³/mol. The van der Waals surface area contributed by atoms with E-state index in [1.54, 1.807) is 0 Å². The summed E-state index contributed by atoms with van der Waals surface area (Å²) in [6.07, 6.45) is -0.0210. The molecule has 2 aromatic rings. The molecule has 0 saturated heterocycles. The molecule has 2 N–H and O–H groups in total. The Hall–Kier alpha value is -1.90. The first kappa shape index (κ1) is 16.5. The highest BCUT2D eigenvalue weighted by Crippen LogP contribution is 2.37. The maximum absolute atomic E-state index is 10.8. The zero-order chi connectivity index (χ0) is 16.2. The van der Waals surface area contributed by atoms with Crippen LogP contribution < -0.4 is 0 Å². The number of aliphatic hydroxyl groups excluding tert-OH is 2. The number of hydrogen-bond donors (Lipinski definition) is 2. The molecule has 2 aromatic carbocycles. The van der Waals surface area contributed by atoms with E-state index in [4.69, 9.17) is 5.11 Å². The zero-order valence-corrected chi connectivity index (χ0v) is 13.3. The molecule has 0 saturated carbocycles. The second-order valence-corrected chi connectivity index (χ2v) is 6.19. The summed E-state index contributed by atoms with van der Waals surface area (Å²) in [6, 6.07) is 17.8. The first-order chi connectivity index (χ1) is 10.5. The van der Waals surface area contributed by atoms with E-state index in [2.05, 4.69) is 6.58 Å². The van der Waals surface area contributed by atoms with Crippen molar-refractivity contribution in [3.8, 4) is 0 Å². The summed E-state index contributed by atoms with van der Waals surface area (Å²) in [6.45, 7) is 8.16. The summed E-state index contributed by atoms with van der Waals surface area (Å²) < 4.78 is 0. The Morgan fingerprint density at radius 1 is 1.05 bits per heavy atom. The average Bonchev–Trinajstić information content (AvgIpc) is 2.55. The fourth-order valence-electron chi connectivity index (χ4n) is 2.62. The van der Waals surface area contributed by atoms with Gasteiger partial charge in [0, 0.05) is 12.0 Å². The number of benzene rings is 2. The summed E-state index contributed by atoms with van der Waals surface area (Å²) >= 11 is 0. The third-order valence-corrected chi connectivity index (χ3v) is 4.25. The first-order valence-electron chi connectivity index (χ1n) is 7.59. The van der Waals surface area contributed by atoms with Gasteiger partial charge < -0.3 is 10.2 Å². The van der Waals surface area contributed by atoms with Crippen molar-refractivity contribution < 1.29 is 10.2 Å². The normalized spacial score (nSPS) is 12.9. The Morgan fingerprint density at radius 3 is 2.18 bits per heavy atom. The van der Waals surface area contributed by atoms with Gasteiger partial charge in [-0.3, -0.25) is 0 Å². The third-order valence-electron chi connectivity index (χ3n) is 4.25. The highest BCUT2D eigenvalue weighted by Gasteiger charge is 2.30.